The van der Waals surface area contributed by atoms with Crippen LogP contribution in [-0.4, -0.2) is 47.0 Å². The van der Waals surface area contributed by atoms with Crippen molar-refractivity contribution in [2.45, 2.75) is 26.1 Å². The predicted octanol–water partition coefficient (Wildman–Crippen LogP) is 1.13. The van der Waals surface area contributed by atoms with Crippen LogP contribution in [0, 0.1) is 6.92 Å². The van der Waals surface area contributed by atoms with E-state index in [0.717, 1.165) is 10.7 Å². The van der Waals surface area contributed by atoms with Crippen LogP contribution in [0.4, 0.5) is 13.2 Å². The van der Waals surface area contributed by atoms with Crippen LogP contribution >= 0.6 is 0 Å². The molecule has 2 rings (SSSR count). The quantitative estimate of drug-likeness (QED) is 0.909. The number of rotatable bonds is 3. The van der Waals surface area contributed by atoms with Gasteiger partial charge >= 0.3 is 6.18 Å². The predicted molar refractivity (Wildman–Crippen MR) is 67.2 cm³/mol. The van der Waals surface area contributed by atoms with Gasteiger partial charge in [-0.2, -0.15) is 18.3 Å². The molecular weight excluding hydrogens is 289 g/mol. The monoisotopic (exact) mass is 306 g/mol. The van der Waals surface area contributed by atoms with Crippen molar-refractivity contribution in [1.82, 2.24) is 20.2 Å². The van der Waals surface area contributed by atoms with Gasteiger partial charge in [0, 0.05) is 18.8 Å². The van der Waals surface area contributed by atoms with Gasteiger partial charge < -0.3 is 4.74 Å². The van der Waals surface area contributed by atoms with E-state index in [2.05, 4.69) is 10.5 Å². The van der Waals surface area contributed by atoms with Crippen molar-refractivity contribution in [3.8, 4) is 0 Å². The zero-order valence-corrected chi connectivity index (χ0v) is 11.8. The highest BCUT2D eigenvalue weighted by Crippen LogP contribution is 2.29. The smallest absolute Gasteiger partial charge is 0.379 e. The lowest BCUT2D eigenvalue weighted by molar-refractivity contribution is -0.142. The average Bonchev–Trinajstić information content (AvgIpc) is 2.81. The molecule has 1 atom stereocenters. The first kappa shape index (κ1) is 15.8. The Kier molecular flexibility index (Phi) is 4.52. The molecule has 1 aromatic rings. The molecular formula is C12H17F3N4O2. The molecule has 1 aliphatic heterocycles. The number of morpholine rings is 1. The van der Waals surface area contributed by atoms with Crippen molar-refractivity contribution in [3.63, 3.8) is 0 Å². The third-order valence-corrected chi connectivity index (χ3v) is 3.24. The van der Waals surface area contributed by atoms with Crippen LogP contribution in [-0.2, 0) is 15.7 Å². The van der Waals surface area contributed by atoms with Gasteiger partial charge in [-0.05, 0) is 19.9 Å². The molecule has 0 spiro atoms. The molecule has 1 amide bonds. The molecule has 1 saturated heterocycles. The Morgan fingerprint density at radius 3 is 2.57 bits per heavy atom. The molecule has 1 fully saturated rings. The number of amides is 1. The molecule has 1 aromatic heterocycles. The summed E-state index contributed by atoms with van der Waals surface area (Å²) in [5.41, 5.74) is 1.95. The number of halogens is 3. The molecule has 0 aromatic carbocycles. The Bertz CT molecular complexity index is 509. The summed E-state index contributed by atoms with van der Waals surface area (Å²) in [6.07, 6.45) is -4.52. The molecule has 2 heterocycles. The van der Waals surface area contributed by atoms with Gasteiger partial charge in [0.25, 0.3) is 5.91 Å². The Morgan fingerprint density at radius 1 is 1.43 bits per heavy atom. The SMILES string of the molecule is Cc1cc(C(F)(F)F)nn1[C@@H](C)C(=O)NN1CCOCC1. The van der Waals surface area contributed by atoms with E-state index >= 15 is 0 Å². The maximum absolute atomic E-state index is 12.6. The van der Waals surface area contributed by atoms with E-state index in [4.69, 9.17) is 4.74 Å². The average molecular weight is 306 g/mol. The second kappa shape index (κ2) is 6.02. The maximum atomic E-state index is 12.6. The molecule has 1 aliphatic rings. The number of ether oxygens (including phenoxy) is 1. The number of hydrazine groups is 1. The Balaban J connectivity index is 2.06. The first-order valence-electron chi connectivity index (χ1n) is 6.55. The summed E-state index contributed by atoms with van der Waals surface area (Å²) < 4.78 is 44.1. The molecule has 21 heavy (non-hydrogen) atoms. The number of aryl methyl sites for hydroxylation is 1. The maximum Gasteiger partial charge on any atom is 0.435 e. The van der Waals surface area contributed by atoms with Crippen LogP contribution in [0.2, 0.25) is 0 Å². The summed E-state index contributed by atoms with van der Waals surface area (Å²) in [5, 5.41) is 5.17. The minimum Gasteiger partial charge on any atom is -0.379 e. The molecule has 1 N–H and O–H groups in total. The van der Waals surface area contributed by atoms with Crippen molar-refractivity contribution in [2.24, 2.45) is 0 Å². The third kappa shape index (κ3) is 3.73. The highest BCUT2D eigenvalue weighted by Gasteiger charge is 2.35. The summed E-state index contributed by atoms with van der Waals surface area (Å²) in [6, 6.07) is 0.0994. The van der Waals surface area contributed by atoms with Crippen molar-refractivity contribution in [3.05, 3.63) is 17.5 Å². The van der Waals surface area contributed by atoms with Crippen molar-refractivity contribution < 1.29 is 22.7 Å². The topological polar surface area (TPSA) is 59.4 Å². The van der Waals surface area contributed by atoms with E-state index in [0.29, 0.717) is 26.3 Å². The van der Waals surface area contributed by atoms with Crippen LogP contribution in [0.15, 0.2) is 6.07 Å². The number of hydrogen-bond acceptors (Lipinski definition) is 4. The fourth-order valence-electron chi connectivity index (χ4n) is 2.05. The lowest BCUT2D eigenvalue weighted by atomic mass is 10.3. The fraction of sp³-hybridized carbons (Fsp3) is 0.667. The summed E-state index contributed by atoms with van der Waals surface area (Å²) >= 11 is 0. The summed E-state index contributed by atoms with van der Waals surface area (Å²) in [4.78, 5) is 12.1. The van der Waals surface area contributed by atoms with Gasteiger partial charge in [0.2, 0.25) is 0 Å². The molecule has 0 saturated carbocycles. The van der Waals surface area contributed by atoms with E-state index in [9.17, 15) is 18.0 Å². The van der Waals surface area contributed by atoms with E-state index in [1.807, 2.05) is 0 Å². The fourth-order valence-corrected chi connectivity index (χ4v) is 2.05. The van der Waals surface area contributed by atoms with Crippen molar-refractivity contribution >= 4 is 5.91 Å². The molecule has 0 unspecified atom stereocenters. The Morgan fingerprint density at radius 2 is 2.05 bits per heavy atom. The lowest BCUT2D eigenvalue weighted by Gasteiger charge is -2.28. The summed E-state index contributed by atoms with van der Waals surface area (Å²) in [6.45, 7) is 5.10. The van der Waals surface area contributed by atoms with Gasteiger partial charge in [-0.3, -0.25) is 14.9 Å². The summed E-state index contributed by atoms with van der Waals surface area (Å²) in [5.74, 6) is -0.406. The van der Waals surface area contributed by atoms with Crippen molar-refractivity contribution in [2.75, 3.05) is 26.3 Å². The van der Waals surface area contributed by atoms with E-state index in [1.54, 1.807) is 5.01 Å². The minimum absolute atomic E-state index is 0.284. The molecule has 6 nitrogen and oxygen atoms in total. The summed E-state index contributed by atoms with van der Waals surface area (Å²) in [7, 11) is 0. The first-order chi connectivity index (χ1) is 9.79. The van der Waals surface area contributed by atoms with Crippen LogP contribution in [0.5, 0.6) is 0 Å². The van der Waals surface area contributed by atoms with E-state index in [-0.39, 0.29) is 5.69 Å². The van der Waals surface area contributed by atoms with Crippen LogP contribution in [0.1, 0.15) is 24.4 Å². The van der Waals surface area contributed by atoms with Gasteiger partial charge in [0.05, 0.1) is 13.2 Å². The van der Waals surface area contributed by atoms with Gasteiger partial charge in [0.15, 0.2) is 5.69 Å². The Hall–Kier alpha value is -1.61. The zero-order valence-electron chi connectivity index (χ0n) is 11.8. The van der Waals surface area contributed by atoms with E-state index < -0.39 is 23.8 Å². The standard InChI is InChI=1S/C12H17F3N4O2/c1-8-7-10(12(13,14)15)16-19(8)9(2)11(20)17-18-3-5-21-6-4-18/h7,9H,3-6H2,1-2H3,(H,17,20)/t9-/m0/s1. The lowest BCUT2D eigenvalue weighted by Crippen LogP contribution is -2.50. The number of carbonyl (C=O) groups excluding carboxylic acids is 1. The Labute approximate surface area is 119 Å². The number of carbonyl (C=O) groups is 1. The third-order valence-electron chi connectivity index (χ3n) is 3.24. The highest BCUT2D eigenvalue weighted by atomic mass is 19.4. The van der Waals surface area contributed by atoms with Gasteiger partial charge in [-0.15, -0.1) is 0 Å². The highest BCUT2D eigenvalue weighted by molar-refractivity contribution is 5.79. The van der Waals surface area contributed by atoms with Gasteiger partial charge in [0.1, 0.15) is 6.04 Å². The molecule has 0 aliphatic carbocycles. The number of alkyl halides is 3. The second-order valence-corrected chi connectivity index (χ2v) is 4.86. The second-order valence-electron chi connectivity index (χ2n) is 4.86. The molecule has 118 valence electrons. The molecule has 0 bridgehead atoms. The molecule has 0 radical (unpaired) electrons. The first-order valence-corrected chi connectivity index (χ1v) is 6.55. The van der Waals surface area contributed by atoms with Gasteiger partial charge in [-0.1, -0.05) is 0 Å². The largest absolute Gasteiger partial charge is 0.435 e. The zero-order chi connectivity index (χ0) is 15.6. The van der Waals surface area contributed by atoms with Crippen molar-refractivity contribution in [1.29, 1.82) is 0 Å². The van der Waals surface area contributed by atoms with E-state index in [1.165, 1.54) is 13.8 Å². The number of hydrogen-bond donors (Lipinski definition) is 1. The molecule has 9 heteroatoms. The number of nitrogens with one attached hydrogen (secondary N) is 1. The van der Waals surface area contributed by atoms with Crippen LogP contribution < -0.4 is 5.43 Å². The number of nitrogens with zero attached hydrogens (tertiary/aromatic N) is 3. The van der Waals surface area contributed by atoms with Crippen LogP contribution in [0.3, 0.4) is 0 Å². The normalized spacial score (nSPS) is 18.5. The van der Waals surface area contributed by atoms with Gasteiger partial charge in [-0.25, -0.2) is 5.01 Å². The minimum atomic E-state index is -4.52. The number of aromatic nitrogens is 2. The van der Waals surface area contributed by atoms with Crippen LogP contribution in [0.25, 0.3) is 0 Å².